The number of hydrogen-bond donors (Lipinski definition) is 0. The van der Waals surface area contributed by atoms with Crippen LogP contribution >= 0.6 is 0 Å². The van der Waals surface area contributed by atoms with Gasteiger partial charge in [0.1, 0.15) is 22.0 Å². The molecule has 0 aromatic heterocycles. The first-order chi connectivity index (χ1) is 27.2. The summed E-state index contributed by atoms with van der Waals surface area (Å²) in [5, 5.41) is 0. The van der Waals surface area contributed by atoms with Gasteiger partial charge in [-0.15, -0.1) is 0 Å². The van der Waals surface area contributed by atoms with Gasteiger partial charge in [0.25, 0.3) is 0 Å². The van der Waals surface area contributed by atoms with E-state index in [0.29, 0.717) is 11.1 Å². The van der Waals surface area contributed by atoms with Crippen LogP contribution in [-0.4, -0.2) is 73.4 Å². The van der Waals surface area contributed by atoms with Gasteiger partial charge in [-0.1, -0.05) is 87.0 Å². The smallest absolute Gasteiger partial charge is 0.333 e. The predicted molar refractivity (Wildman–Crippen MR) is 218 cm³/mol. The van der Waals surface area contributed by atoms with E-state index in [1.54, 1.807) is 88.4 Å². The number of hydrogen-bond acceptors (Lipinski definition) is 12. The first-order valence-electron chi connectivity index (χ1n) is 19.2. The van der Waals surface area contributed by atoms with Crippen molar-refractivity contribution in [1.29, 1.82) is 0 Å². The molecule has 0 heterocycles. The topological polar surface area (TPSA) is 158 Å². The molecular weight excluding hydrogens is 744 g/mol. The lowest BCUT2D eigenvalue weighted by Crippen LogP contribution is -2.56. The van der Waals surface area contributed by atoms with Gasteiger partial charge < -0.3 is 28.4 Å². The quantitative estimate of drug-likeness (QED) is 0.0619. The highest BCUT2D eigenvalue weighted by Gasteiger charge is 2.53. The normalized spacial score (nSPS) is 11.7. The Morgan fingerprint density at radius 1 is 0.431 bits per heavy atom. The van der Waals surface area contributed by atoms with Crippen LogP contribution in [-0.2, 0) is 68.0 Å². The molecule has 0 unspecified atom stereocenters. The van der Waals surface area contributed by atoms with Crippen LogP contribution in [0.3, 0.4) is 0 Å². The largest absolute Gasteiger partial charge is 0.463 e. The number of esters is 6. The Balaban J connectivity index is 2.78. The molecule has 0 bridgehead atoms. The minimum atomic E-state index is -1.78. The molecule has 0 aliphatic heterocycles. The highest BCUT2D eigenvalue weighted by molar-refractivity contribution is 5.96. The van der Waals surface area contributed by atoms with Crippen molar-refractivity contribution in [2.45, 2.75) is 103 Å². The van der Waals surface area contributed by atoms with Crippen molar-refractivity contribution in [3.63, 3.8) is 0 Å². The molecule has 0 amide bonds. The highest BCUT2D eigenvalue weighted by atomic mass is 16.6. The van der Waals surface area contributed by atoms with Crippen LogP contribution in [0.5, 0.6) is 0 Å². The van der Waals surface area contributed by atoms with Gasteiger partial charge in [0.15, 0.2) is 0 Å². The lowest BCUT2D eigenvalue weighted by molar-refractivity contribution is -0.206. The molecule has 58 heavy (non-hydrogen) atoms. The van der Waals surface area contributed by atoms with Gasteiger partial charge in [0, 0.05) is 22.3 Å². The third-order valence-electron chi connectivity index (χ3n) is 9.90. The second-order valence-electron chi connectivity index (χ2n) is 14.7. The lowest BCUT2D eigenvalue weighted by Gasteiger charge is -2.45. The van der Waals surface area contributed by atoms with Gasteiger partial charge >= 0.3 is 35.8 Å². The van der Waals surface area contributed by atoms with E-state index in [2.05, 4.69) is 26.3 Å². The summed E-state index contributed by atoms with van der Waals surface area (Å²) < 4.78 is 33.5. The molecule has 0 saturated carbocycles. The maximum absolute atomic E-state index is 15.0. The zero-order valence-corrected chi connectivity index (χ0v) is 35.2. The molecule has 0 saturated heterocycles. The fourth-order valence-electron chi connectivity index (χ4n) is 6.16. The number of carbonyl (C=O) groups is 6. The Labute approximate surface area is 342 Å². The molecule has 2 aromatic carbocycles. The second kappa shape index (κ2) is 21.1. The summed E-state index contributed by atoms with van der Waals surface area (Å²) in [5.41, 5.74) is -6.41. The predicted octanol–water partition coefficient (Wildman–Crippen LogP) is 7.54. The van der Waals surface area contributed by atoms with Crippen LogP contribution in [0.2, 0.25) is 0 Å². The molecule has 2 aromatic rings. The van der Waals surface area contributed by atoms with Crippen LogP contribution < -0.4 is 0 Å². The van der Waals surface area contributed by atoms with Crippen LogP contribution in [0, 0.1) is 0 Å². The maximum atomic E-state index is 15.0. The minimum absolute atomic E-state index is 0.0491. The van der Waals surface area contributed by atoms with Crippen LogP contribution in [0.4, 0.5) is 0 Å². The van der Waals surface area contributed by atoms with E-state index in [4.69, 9.17) is 28.4 Å². The van der Waals surface area contributed by atoms with E-state index in [1.807, 2.05) is 0 Å². The fourth-order valence-corrected chi connectivity index (χ4v) is 6.16. The molecule has 12 nitrogen and oxygen atoms in total. The minimum Gasteiger partial charge on any atom is -0.463 e. The lowest BCUT2D eigenvalue weighted by atomic mass is 9.70. The van der Waals surface area contributed by atoms with Gasteiger partial charge in [-0.3, -0.25) is 9.59 Å². The summed E-state index contributed by atoms with van der Waals surface area (Å²) in [6, 6.07) is 16.8. The number of carbonyl (C=O) groups excluding carboxylic acids is 6. The summed E-state index contributed by atoms with van der Waals surface area (Å²) in [6.07, 6.45) is -1.36. The van der Waals surface area contributed by atoms with Crippen molar-refractivity contribution in [2.24, 2.45) is 0 Å². The number of benzene rings is 2. The van der Waals surface area contributed by atoms with Gasteiger partial charge in [-0.2, -0.15) is 0 Å². The summed E-state index contributed by atoms with van der Waals surface area (Å²) in [7, 11) is 0. The van der Waals surface area contributed by atoms with Crippen molar-refractivity contribution in [2.75, 3.05) is 26.4 Å². The van der Waals surface area contributed by atoms with Crippen molar-refractivity contribution in [3.05, 3.63) is 120 Å². The third-order valence-corrected chi connectivity index (χ3v) is 9.90. The number of rotatable bonds is 23. The third kappa shape index (κ3) is 11.9. The van der Waals surface area contributed by atoms with Crippen molar-refractivity contribution in [3.8, 4) is 0 Å². The Hall–Kier alpha value is -5.78. The Morgan fingerprint density at radius 3 is 0.862 bits per heavy atom. The average Bonchev–Trinajstić information content (AvgIpc) is 3.17. The van der Waals surface area contributed by atoms with Gasteiger partial charge in [0.2, 0.25) is 0 Å². The highest BCUT2D eigenvalue weighted by Crippen LogP contribution is 2.44. The molecule has 0 radical (unpaired) electrons. The molecule has 2 rings (SSSR count). The molecule has 0 fully saturated rings. The molecule has 0 N–H and O–H groups in total. The van der Waals surface area contributed by atoms with Gasteiger partial charge in [-0.05, 0) is 92.2 Å². The van der Waals surface area contributed by atoms with E-state index < -0.39 is 57.8 Å². The summed E-state index contributed by atoms with van der Waals surface area (Å²) in [4.78, 5) is 81.8. The Kier molecular flexibility index (Phi) is 17.6. The maximum Gasteiger partial charge on any atom is 0.333 e. The monoisotopic (exact) mass is 802 g/mol. The van der Waals surface area contributed by atoms with Crippen LogP contribution in [0.25, 0.3) is 0 Å². The Bertz CT molecular complexity index is 1650. The van der Waals surface area contributed by atoms with Crippen molar-refractivity contribution < 1.29 is 57.2 Å². The van der Waals surface area contributed by atoms with E-state index in [9.17, 15) is 28.8 Å². The van der Waals surface area contributed by atoms with Crippen LogP contribution in [0.15, 0.2) is 109 Å². The first kappa shape index (κ1) is 48.4. The second-order valence-corrected chi connectivity index (χ2v) is 14.7. The zero-order valence-electron chi connectivity index (χ0n) is 35.2. The molecule has 0 aliphatic carbocycles. The van der Waals surface area contributed by atoms with Crippen LogP contribution in [0.1, 0.15) is 92.2 Å². The van der Waals surface area contributed by atoms with E-state index in [0.717, 1.165) is 0 Å². The fraction of sp³-hybridized carbons (Fsp3) is 0.435. The molecular formula is C46H58O12. The van der Waals surface area contributed by atoms with Gasteiger partial charge in [-0.25, -0.2) is 19.2 Å². The molecule has 0 atom stereocenters. The Morgan fingerprint density at radius 2 is 0.655 bits per heavy atom. The first-order valence-corrected chi connectivity index (χ1v) is 19.2. The summed E-state index contributed by atoms with van der Waals surface area (Å²) >= 11 is 0. The SMILES string of the molecule is C=C(CC(CC(=C)C(=O)OCC)(C(=O)OC(C)(C)C(C)(C)OC(=O)C(CC(=C)C(=O)OCC)(CC(=C)C(=O)OCC)c1ccccc1)c1ccccc1)C(=O)OCC. The van der Waals surface area contributed by atoms with Gasteiger partial charge in [0.05, 0.1) is 26.4 Å². The zero-order chi connectivity index (χ0) is 43.9. The standard InChI is InChI=1S/C46H58O12/c1-13-53-37(47)31(5)27-45(35-23-19-17-20-24-35,28-32(6)38(48)54-14-2)41(51)57-43(9,10)44(11,12)58-42(52)46(36-25-21-18-22-26-36,29-33(7)39(49)55-15-3)30-34(8)40(50)56-16-4/h17-26H,5-8,13-16,27-30H2,1-4,9-12H3. The average molecular weight is 803 g/mol. The molecule has 0 aliphatic rings. The summed E-state index contributed by atoms with van der Waals surface area (Å²) in [6.45, 7) is 28.5. The molecule has 314 valence electrons. The van der Waals surface area contributed by atoms with Crippen molar-refractivity contribution in [1.82, 2.24) is 0 Å². The van der Waals surface area contributed by atoms with E-state index >= 15 is 0 Å². The van der Waals surface area contributed by atoms with Crippen molar-refractivity contribution >= 4 is 35.8 Å². The summed E-state index contributed by atoms with van der Waals surface area (Å²) in [5.74, 6) is -4.81. The number of ether oxygens (including phenoxy) is 6. The van der Waals surface area contributed by atoms with E-state index in [1.165, 1.54) is 27.7 Å². The molecule has 0 spiro atoms. The van der Waals surface area contributed by atoms with E-state index in [-0.39, 0.29) is 74.4 Å². The molecule has 12 heteroatoms.